The summed E-state index contributed by atoms with van der Waals surface area (Å²) in [5, 5.41) is 0. The van der Waals surface area contributed by atoms with E-state index in [0.29, 0.717) is 0 Å². The number of esters is 1. The summed E-state index contributed by atoms with van der Waals surface area (Å²) in [5.74, 6) is -2.72. The van der Waals surface area contributed by atoms with Gasteiger partial charge in [-0.05, 0) is 17.7 Å². The van der Waals surface area contributed by atoms with Gasteiger partial charge in [-0.25, -0.2) is 8.78 Å². The fourth-order valence-corrected chi connectivity index (χ4v) is 0.969. The van der Waals surface area contributed by atoms with Crippen LogP contribution in [0.3, 0.4) is 0 Å². The van der Waals surface area contributed by atoms with Crippen molar-refractivity contribution in [3.63, 3.8) is 0 Å². The summed E-state index contributed by atoms with van der Waals surface area (Å²) in [4.78, 5) is 10.9. The largest absolute Gasteiger partial charge is 0.468 e. The van der Waals surface area contributed by atoms with Crippen molar-refractivity contribution in [1.29, 1.82) is 0 Å². The van der Waals surface area contributed by atoms with E-state index in [0.717, 1.165) is 12.1 Å². The van der Waals surface area contributed by atoms with Gasteiger partial charge in [0, 0.05) is 0 Å². The van der Waals surface area contributed by atoms with E-state index < -0.39 is 23.6 Å². The SMILES string of the molecule is COC(=O)[C@@H](N)c1ccc(F)c(F)c1. The molecule has 2 N–H and O–H groups in total. The molecule has 3 nitrogen and oxygen atoms in total. The lowest BCUT2D eigenvalue weighted by molar-refractivity contribution is -0.142. The highest BCUT2D eigenvalue weighted by Crippen LogP contribution is 2.15. The maximum atomic E-state index is 12.7. The predicted molar refractivity (Wildman–Crippen MR) is 45.3 cm³/mol. The molecule has 0 amide bonds. The number of ether oxygens (including phenoxy) is 1. The molecule has 0 unspecified atom stereocenters. The van der Waals surface area contributed by atoms with Gasteiger partial charge in [0.25, 0.3) is 0 Å². The molecule has 76 valence electrons. The first kappa shape index (κ1) is 10.6. The first-order valence-electron chi connectivity index (χ1n) is 3.84. The van der Waals surface area contributed by atoms with E-state index in [-0.39, 0.29) is 5.56 Å². The predicted octanol–water partition coefficient (Wildman–Crippen LogP) is 1.14. The Morgan fingerprint density at radius 2 is 2.07 bits per heavy atom. The molecule has 1 aromatic carbocycles. The normalized spacial score (nSPS) is 12.3. The molecule has 1 rings (SSSR count). The lowest BCUT2D eigenvalue weighted by Gasteiger charge is -2.09. The van der Waals surface area contributed by atoms with Gasteiger partial charge in [0.2, 0.25) is 0 Å². The smallest absolute Gasteiger partial charge is 0.327 e. The lowest BCUT2D eigenvalue weighted by atomic mass is 10.1. The second kappa shape index (κ2) is 4.15. The minimum atomic E-state index is -1.09. The van der Waals surface area contributed by atoms with E-state index in [1.807, 2.05) is 0 Å². The molecule has 1 atom stereocenters. The fraction of sp³-hybridized carbons (Fsp3) is 0.222. The number of benzene rings is 1. The van der Waals surface area contributed by atoms with Crippen LogP contribution < -0.4 is 5.73 Å². The third-order valence-electron chi connectivity index (χ3n) is 1.76. The molecular weight excluding hydrogens is 192 g/mol. The summed E-state index contributed by atoms with van der Waals surface area (Å²) in [7, 11) is 1.17. The summed E-state index contributed by atoms with van der Waals surface area (Å²) < 4.78 is 29.6. The Hall–Kier alpha value is -1.49. The van der Waals surface area contributed by atoms with E-state index >= 15 is 0 Å². The minimum Gasteiger partial charge on any atom is -0.468 e. The van der Waals surface area contributed by atoms with Crippen molar-refractivity contribution < 1.29 is 18.3 Å². The van der Waals surface area contributed by atoms with Gasteiger partial charge in [-0.15, -0.1) is 0 Å². The van der Waals surface area contributed by atoms with E-state index in [9.17, 15) is 13.6 Å². The van der Waals surface area contributed by atoms with Crippen molar-refractivity contribution in [2.75, 3.05) is 7.11 Å². The molecule has 5 heteroatoms. The van der Waals surface area contributed by atoms with E-state index in [4.69, 9.17) is 5.73 Å². The van der Waals surface area contributed by atoms with Gasteiger partial charge in [0.15, 0.2) is 11.6 Å². The van der Waals surface area contributed by atoms with Gasteiger partial charge in [-0.2, -0.15) is 0 Å². The van der Waals surface area contributed by atoms with E-state index in [2.05, 4.69) is 4.74 Å². The van der Waals surface area contributed by atoms with Crippen molar-refractivity contribution in [3.05, 3.63) is 35.4 Å². The van der Waals surface area contributed by atoms with Crippen LogP contribution in [0, 0.1) is 11.6 Å². The van der Waals surface area contributed by atoms with Crippen LogP contribution in [0.4, 0.5) is 8.78 Å². The van der Waals surface area contributed by atoms with Gasteiger partial charge in [0.05, 0.1) is 7.11 Å². The molecule has 0 aromatic heterocycles. The average molecular weight is 201 g/mol. The Kier molecular flexibility index (Phi) is 3.14. The van der Waals surface area contributed by atoms with Crippen LogP contribution in [0.15, 0.2) is 18.2 Å². The molecule has 0 bridgehead atoms. The Labute approximate surface area is 79.5 Å². The number of hydrogen-bond acceptors (Lipinski definition) is 3. The van der Waals surface area contributed by atoms with E-state index in [1.165, 1.54) is 13.2 Å². The molecule has 0 radical (unpaired) electrons. The minimum absolute atomic E-state index is 0.177. The third kappa shape index (κ3) is 2.05. The number of rotatable bonds is 2. The standard InChI is InChI=1S/C9H9F2NO2/c1-14-9(13)8(12)5-2-3-6(10)7(11)4-5/h2-4,8H,12H2,1H3/t8-/m0/s1. The number of hydrogen-bond donors (Lipinski definition) is 1. The van der Waals surface area contributed by atoms with Crippen LogP contribution in [0.1, 0.15) is 11.6 Å². The van der Waals surface area contributed by atoms with Crippen molar-refractivity contribution in [2.45, 2.75) is 6.04 Å². The van der Waals surface area contributed by atoms with Gasteiger partial charge < -0.3 is 10.5 Å². The number of carbonyl (C=O) groups excluding carboxylic acids is 1. The van der Waals surface area contributed by atoms with Crippen molar-refractivity contribution >= 4 is 5.97 Å². The van der Waals surface area contributed by atoms with Crippen molar-refractivity contribution in [2.24, 2.45) is 5.73 Å². The molecule has 14 heavy (non-hydrogen) atoms. The van der Waals surface area contributed by atoms with Gasteiger partial charge in [-0.1, -0.05) is 6.07 Å². The molecule has 0 saturated carbocycles. The highest BCUT2D eigenvalue weighted by molar-refractivity contribution is 5.77. The van der Waals surface area contributed by atoms with Crippen LogP contribution in [0.25, 0.3) is 0 Å². The fourth-order valence-electron chi connectivity index (χ4n) is 0.969. The van der Waals surface area contributed by atoms with Crippen LogP contribution in [0.2, 0.25) is 0 Å². The molecule has 1 aromatic rings. The molecule has 0 heterocycles. The monoisotopic (exact) mass is 201 g/mol. The topological polar surface area (TPSA) is 52.3 Å². The molecule has 0 saturated heterocycles. The summed E-state index contributed by atoms with van der Waals surface area (Å²) in [6.07, 6.45) is 0. The maximum Gasteiger partial charge on any atom is 0.327 e. The molecule has 0 aliphatic heterocycles. The second-order valence-corrected chi connectivity index (χ2v) is 2.67. The molecule has 0 aliphatic carbocycles. The number of halogens is 2. The zero-order valence-electron chi connectivity index (χ0n) is 7.46. The van der Waals surface area contributed by atoms with Crippen LogP contribution in [-0.2, 0) is 9.53 Å². The van der Waals surface area contributed by atoms with E-state index in [1.54, 1.807) is 0 Å². The van der Waals surface area contributed by atoms with Gasteiger partial charge in [-0.3, -0.25) is 4.79 Å². The summed E-state index contributed by atoms with van der Waals surface area (Å²) in [6, 6.07) is 1.93. The van der Waals surface area contributed by atoms with Gasteiger partial charge in [0.1, 0.15) is 6.04 Å². The van der Waals surface area contributed by atoms with Crippen LogP contribution in [0.5, 0.6) is 0 Å². The quantitative estimate of drug-likeness (QED) is 0.730. The Morgan fingerprint density at radius 3 is 2.57 bits per heavy atom. The number of nitrogens with two attached hydrogens (primary N) is 1. The summed E-state index contributed by atoms with van der Waals surface area (Å²) >= 11 is 0. The summed E-state index contributed by atoms with van der Waals surface area (Å²) in [6.45, 7) is 0. The van der Waals surface area contributed by atoms with Crippen LogP contribution in [-0.4, -0.2) is 13.1 Å². The highest BCUT2D eigenvalue weighted by Gasteiger charge is 2.17. The first-order chi connectivity index (χ1) is 6.56. The zero-order valence-corrected chi connectivity index (χ0v) is 7.46. The second-order valence-electron chi connectivity index (χ2n) is 2.67. The molecule has 0 spiro atoms. The summed E-state index contributed by atoms with van der Waals surface area (Å²) in [5.41, 5.74) is 5.58. The number of carbonyl (C=O) groups is 1. The highest BCUT2D eigenvalue weighted by atomic mass is 19.2. The average Bonchev–Trinajstić information content (AvgIpc) is 2.20. The zero-order chi connectivity index (χ0) is 10.7. The molecule has 0 fully saturated rings. The van der Waals surface area contributed by atoms with Gasteiger partial charge >= 0.3 is 5.97 Å². The lowest BCUT2D eigenvalue weighted by Crippen LogP contribution is -2.22. The first-order valence-corrected chi connectivity index (χ1v) is 3.84. The van der Waals surface area contributed by atoms with Crippen molar-refractivity contribution in [3.8, 4) is 0 Å². The Balaban J connectivity index is 2.96. The number of methoxy groups -OCH3 is 1. The molecule has 0 aliphatic rings. The van der Waals surface area contributed by atoms with Crippen molar-refractivity contribution in [1.82, 2.24) is 0 Å². The van der Waals surface area contributed by atoms with Crippen LogP contribution >= 0.6 is 0 Å². The third-order valence-corrected chi connectivity index (χ3v) is 1.76. The Morgan fingerprint density at radius 1 is 1.43 bits per heavy atom. The molecular formula is C9H9F2NO2. The Bertz CT molecular complexity index is 355. The maximum absolute atomic E-state index is 12.7.